The van der Waals surface area contributed by atoms with E-state index in [1.54, 1.807) is 4.90 Å². The number of benzene rings is 1. The summed E-state index contributed by atoms with van der Waals surface area (Å²) < 4.78 is 1.93. The van der Waals surface area contributed by atoms with Gasteiger partial charge in [-0.2, -0.15) is 0 Å². The molecule has 0 saturated heterocycles. The molecular weight excluding hydrogens is 270 g/mol. The molecule has 2 rings (SSSR count). The fourth-order valence-corrected chi connectivity index (χ4v) is 2.30. The summed E-state index contributed by atoms with van der Waals surface area (Å²) in [6.45, 7) is 4.31. The van der Waals surface area contributed by atoms with E-state index in [1.165, 1.54) is 0 Å². The molecule has 0 aliphatic heterocycles. The van der Waals surface area contributed by atoms with Crippen LogP contribution in [0.15, 0.2) is 30.5 Å². The van der Waals surface area contributed by atoms with E-state index < -0.39 is 0 Å². The highest BCUT2D eigenvalue weighted by Crippen LogP contribution is 2.20. The Morgan fingerprint density at radius 2 is 2.10 bits per heavy atom. The Bertz CT molecular complexity index is 660. The molecule has 0 saturated carbocycles. The Morgan fingerprint density at radius 3 is 2.70 bits per heavy atom. The van der Waals surface area contributed by atoms with Gasteiger partial charge in [-0.25, -0.2) is 0 Å². The Hall–Kier alpha value is -1.88. The number of nitrogens with two attached hydrogens (primary N) is 1. The molecule has 0 atom stereocenters. The lowest BCUT2D eigenvalue weighted by atomic mass is 10.1. The maximum absolute atomic E-state index is 12.2. The van der Waals surface area contributed by atoms with Gasteiger partial charge in [0, 0.05) is 35.8 Å². The SMILES string of the molecule is CC(C)N(C)C(=O)Cn1ccc2c(C(N)=S)cccc21. The minimum absolute atomic E-state index is 0.0817. The summed E-state index contributed by atoms with van der Waals surface area (Å²) in [5.41, 5.74) is 7.55. The van der Waals surface area contributed by atoms with Gasteiger partial charge in [-0.15, -0.1) is 0 Å². The quantitative estimate of drug-likeness (QED) is 0.877. The average Bonchev–Trinajstić information content (AvgIpc) is 2.80. The minimum Gasteiger partial charge on any atom is -0.389 e. The third-order valence-corrected chi connectivity index (χ3v) is 3.77. The molecule has 0 fully saturated rings. The van der Waals surface area contributed by atoms with Crippen molar-refractivity contribution < 1.29 is 4.79 Å². The van der Waals surface area contributed by atoms with Gasteiger partial charge in [0.25, 0.3) is 0 Å². The second kappa shape index (κ2) is 5.63. The minimum atomic E-state index is 0.0817. The van der Waals surface area contributed by atoms with Crippen LogP contribution in [-0.4, -0.2) is 33.5 Å². The summed E-state index contributed by atoms with van der Waals surface area (Å²) in [7, 11) is 1.82. The number of carbonyl (C=O) groups is 1. The van der Waals surface area contributed by atoms with Crippen molar-refractivity contribution in [1.82, 2.24) is 9.47 Å². The number of thiocarbonyl (C=S) groups is 1. The smallest absolute Gasteiger partial charge is 0.242 e. The van der Waals surface area contributed by atoms with Crippen molar-refractivity contribution in [2.75, 3.05) is 7.05 Å². The summed E-state index contributed by atoms with van der Waals surface area (Å²) >= 11 is 5.06. The summed E-state index contributed by atoms with van der Waals surface area (Å²) in [6.07, 6.45) is 1.90. The van der Waals surface area contributed by atoms with Crippen molar-refractivity contribution in [2.45, 2.75) is 26.4 Å². The first-order valence-electron chi connectivity index (χ1n) is 6.55. The fourth-order valence-electron chi connectivity index (χ4n) is 2.12. The number of carbonyl (C=O) groups excluding carboxylic acids is 1. The molecule has 106 valence electrons. The molecule has 0 radical (unpaired) electrons. The van der Waals surface area contributed by atoms with Crippen LogP contribution >= 0.6 is 12.2 Å². The van der Waals surface area contributed by atoms with E-state index in [1.807, 2.05) is 55.9 Å². The van der Waals surface area contributed by atoms with Crippen LogP contribution in [0.2, 0.25) is 0 Å². The average molecular weight is 289 g/mol. The lowest BCUT2D eigenvalue weighted by Gasteiger charge is -2.21. The third-order valence-electron chi connectivity index (χ3n) is 3.55. The second-order valence-corrected chi connectivity index (χ2v) is 5.58. The van der Waals surface area contributed by atoms with Gasteiger partial charge >= 0.3 is 0 Å². The Balaban J connectivity index is 2.35. The van der Waals surface area contributed by atoms with Crippen molar-refractivity contribution in [1.29, 1.82) is 0 Å². The van der Waals surface area contributed by atoms with E-state index in [0.29, 0.717) is 11.5 Å². The number of hydrogen-bond acceptors (Lipinski definition) is 2. The molecule has 1 aromatic heterocycles. The first kappa shape index (κ1) is 14.5. The molecule has 2 aromatic rings. The predicted octanol–water partition coefficient (Wildman–Crippen LogP) is 2.14. The molecule has 0 aliphatic rings. The van der Waals surface area contributed by atoms with Gasteiger partial charge in [0.2, 0.25) is 5.91 Å². The van der Waals surface area contributed by atoms with Crippen molar-refractivity contribution in [3.63, 3.8) is 0 Å². The maximum atomic E-state index is 12.2. The van der Waals surface area contributed by atoms with Gasteiger partial charge in [0.1, 0.15) is 11.5 Å². The Labute approximate surface area is 124 Å². The summed E-state index contributed by atoms with van der Waals surface area (Å²) in [5.74, 6) is 0.0817. The molecule has 0 bridgehead atoms. The van der Waals surface area contributed by atoms with E-state index in [0.717, 1.165) is 16.5 Å². The van der Waals surface area contributed by atoms with E-state index >= 15 is 0 Å². The number of amides is 1. The number of nitrogens with zero attached hydrogens (tertiary/aromatic N) is 2. The molecule has 2 N–H and O–H groups in total. The molecule has 0 spiro atoms. The highest BCUT2D eigenvalue weighted by molar-refractivity contribution is 7.80. The van der Waals surface area contributed by atoms with Crippen LogP contribution in [0.5, 0.6) is 0 Å². The number of aromatic nitrogens is 1. The topological polar surface area (TPSA) is 51.3 Å². The predicted molar refractivity (Wildman–Crippen MR) is 85.7 cm³/mol. The first-order chi connectivity index (χ1) is 9.41. The van der Waals surface area contributed by atoms with Crippen LogP contribution in [0.1, 0.15) is 19.4 Å². The molecule has 1 amide bonds. The van der Waals surface area contributed by atoms with E-state index in [4.69, 9.17) is 18.0 Å². The van der Waals surface area contributed by atoms with Gasteiger partial charge in [0.15, 0.2) is 0 Å². The normalized spacial score (nSPS) is 11.0. The fraction of sp³-hybridized carbons (Fsp3) is 0.333. The zero-order valence-corrected chi connectivity index (χ0v) is 12.8. The maximum Gasteiger partial charge on any atom is 0.242 e. The molecule has 5 heteroatoms. The zero-order valence-electron chi connectivity index (χ0n) is 12.0. The van der Waals surface area contributed by atoms with E-state index in [-0.39, 0.29) is 11.9 Å². The van der Waals surface area contributed by atoms with Crippen LogP contribution in [0.3, 0.4) is 0 Å². The highest BCUT2D eigenvalue weighted by Gasteiger charge is 2.14. The molecule has 0 aliphatic carbocycles. The van der Waals surface area contributed by atoms with Crippen molar-refractivity contribution in [3.05, 3.63) is 36.0 Å². The van der Waals surface area contributed by atoms with Crippen LogP contribution in [0.25, 0.3) is 10.9 Å². The van der Waals surface area contributed by atoms with Gasteiger partial charge in [0.05, 0.1) is 0 Å². The number of fused-ring (bicyclic) bond motifs is 1. The lowest BCUT2D eigenvalue weighted by molar-refractivity contribution is -0.131. The van der Waals surface area contributed by atoms with Gasteiger partial charge in [-0.3, -0.25) is 4.79 Å². The van der Waals surface area contributed by atoms with Crippen LogP contribution in [-0.2, 0) is 11.3 Å². The van der Waals surface area contributed by atoms with Gasteiger partial charge in [-0.05, 0) is 26.0 Å². The Kier molecular flexibility index (Phi) is 4.09. The number of rotatable bonds is 4. The van der Waals surface area contributed by atoms with Crippen molar-refractivity contribution in [3.8, 4) is 0 Å². The summed E-state index contributed by atoms with van der Waals surface area (Å²) in [6, 6.07) is 7.92. The van der Waals surface area contributed by atoms with Crippen molar-refractivity contribution in [2.24, 2.45) is 5.73 Å². The largest absolute Gasteiger partial charge is 0.389 e. The number of hydrogen-bond donors (Lipinski definition) is 1. The summed E-state index contributed by atoms with van der Waals surface area (Å²) in [5, 5.41) is 0.986. The third kappa shape index (κ3) is 2.67. The van der Waals surface area contributed by atoms with E-state index in [2.05, 4.69) is 0 Å². The zero-order chi connectivity index (χ0) is 14.9. The molecule has 1 aromatic carbocycles. The summed E-state index contributed by atoms with van der Waals surface area (Å²) in [4.78, 5) is 14.3. The molecule has 1 heterocycles. The van der Waals surface area contributed by atoms with Crippen LogP contribution in [0, 0.1) is 0 Å². The molecule has 4 nitrogen and oxygen atoms in total. The van der Waals surface area contributed by atoms with Crippen LogP contribution < -0.4 is 5.73 Å². The molecule has 0 unspecified atom stereocenters. The standard InChI is InChI=1S/C15H19N3OS/c1-10(2)17(3)14(19)9-18-8-7-11-12(15(16)20)5-4-6-13(11)18/h4-8,10H,9H2,1-3H3,(H2,16,20). The molecular formula is C15H19N3OS. The highest BCUT2D eigenvalue weighted by atomic mass is 32.1. The van der Waals surface area contributed by atoms with Gasteiger partial charge in [-0.1, -0.05) is 24.4 Å². The first-order valence-corrected chi connectivity index (χ1v) is 6.96. The van der Waals surface area contributed by atoms with E-state index in [9.17, 15) is 4.79 Å². The number of likely N-dealkylation sites (N-methyl/N-ethyl adjacent to an activating group) is 1. The monoisotopic (exact) mass is 289 g/mol. The van der Waals surface area contributed by atoms with Gasteiger partial charge < -0.3 is 15.2 Å². The van der Waals surface area contributed by atoms with Crippen molar-refractivity contribution >= 4 is 34.0 Å². The molecule has 20 heavy (non-hydrogen) atoms. The Morgan fingerprint density at radius 1 is 1.40 bits per heavy atom. The second-order valence-electron chi connectivity index (χ2n) is 5.14. The van der Waals surface area contributed by atoms with Crippen LogP contribution in [0.4, 0.5) is 0 Å². The lowest BCUT2D eigenvalue weighted by Crippen LogP contribution is -2.35.